The van der Waals surface area contributed by atoms with E-state index in [1.807, 2.05) is 11.5 Å². The van der Waals surface area contributed by atoms with Gasteiger partial charge in [0.15, 0.2) is 11.0 Å². The minimum Gasteiger partial charge on any atom is -0.462 e. The summed E-state index contributed by atoms with van der Waals surface area (Å²) in [6.45, 7) is 6.84. The van der Waals surface area contributed by atoms with Crippen molar-refractivity contribution in [2.75, 3.05) is 17.7 Å². The van der Waals surface area contributed by atoms with Crippen LogP contribution >= 0.6 is 34.7 Å². The molecule has 0 aromatic carbocycles. The molecule has 0 bridgehead atoms. The predicted octanol–water partition coefficient (Wildman–Crippen LogP) is 4.84. The standard InChI is InChI=1S/C23H29ClN6O3S2/c1-5-13-8-9-14-16(10-13)35-21(18(14)22(32)33-7-3)25-17(31)12-34-23-27-26-20(30(23)6-2)19-15(24)11-29(4)28-19/h11,13H,5-10,12H2,1-4H3,(H,25,31)/t13-/m1/s1. The van der Waals surface area contributed by atoms with E-state index in [-0.39, 0.29) is 17.6 Å². The molecule has 0 aliphatic heterocycles. The Morgan fingerprint density at radius 2 is 2.11 bits per heavy atom. The zero-order chi connectivity index (χ0) is 25.1. The van der Waals surface area contributed by atoms with Crippen molar-refractivity contribution in [2.24, 2.45) is 13.0 Å². The van der Waals surface area contributed by atoms with Gasteiger partial charge in [-0.3, -0.25) is 9.48 Å². The van der Waals surface area contributed by atoms with Crippen LogP contribution < -0.4 is 5.32 Å². The lowest BCUT2D eigenvalue weighted by molar-refractivity contribution is -0.113. The van der Waals surface area contributed by atoms with Crippen LogP contribution in [-0.4, -0.2) is 48.8 Å². The van der Waals surface area contributed by atoms with Crippen molar-refractivity contribution < 1.29 is 14.3 Å². The second-order valence-corrected chi connectivity index (χ2v) is 10.8. The number of hydrogen-bond donors (Lipinski definition) is 1. The fourth-order valence-electron chi connectivity index (χ4n) is 4.27. The Labute approximate surface area is 217 Å². The van der Waals surface area contributed by atoms with E-state index in [1.165, 1.54) is 28.0 Å². The van der Waals surface area contributed by atoms with Crippen LogP contribution in [0, 0.1) is 5.92 Å². The number of nitrogens with one attached hydrogen (secondary N) is 1. The van der Waals surface area contributed by atoms with Crippen LogP contribution in [0.2, 0.25) is 5.02 Å². The first-order valence-electron chi connectivity index (χ1n) is 11.7. The molecule has 12 heteroatoms. The van der Waals surface area contributed by atoms with Crippen molar-refractivity contribution in [1.82, 2.24) is 24.5 Å². The van der Waals surface area contributed by atoms with Crippen LogP contribution in [0.15, 0.2) is 11.4 Å². The van der Waals surface area contributed by atoms with Crippen molar-refractivity contribution >= 4 is 51.6 Å². The van der Waals surface area contributed by atoms with Gasteiger partial charge >= 0.3 is 5.97 Å². The first kappa shape index (κ1) is 25.7. The molecule has 1 aliphatic rings. The largest absolute Gasteiger partial charge is 0.462 e. The highest BCUT2D eigenvalue weighted by atomic mass is 35.5. The molecule has 1 amide bonds. The number of carbonyl (C=O) groups excluding carboxylic acids is 2. The van der Waals surface area contributed by atoms with E-state index in [0.29, 0.717) is 51.3 Å². The van der Waals surface area contributed by atoms with Crippen LogP contribution in [0.5, 0.6) is 0 Å². The molecule has 0 radical (unpaired) electrons. The number of aryl methyl sites for hydroxylation is 1. The van der Waals surface area contributed by atoms with Crippen molar-refractivity contribution in [1.29, 1.82) is 0 Å². The van der Waals surface area contributed by atoms with Gasteiger partial charge in [-0.2, -0.15) is 5.10 Å². The first-order chi connectivity index (χ1) is 16.9. The van der Waals surface area contributed by atoms with E-state index in [9.17, 15) is 9.59 Å². The second-order valence-electron chi connectivity index (χ2n) is 8.33. The summed E-state index contributed by atoms with van der Waals surface area (Å²) in [5.41, 5.74) is 2.10. The zero-order valence-electron chi connectivity index (χ0n) is 20.3. The van der Waals surface area contributed by atoms with Gasteiger partial charge in [-0.25, -0.2) is 4.79 Å². The quantitative estimate of drug-likeness (QED) is 0.308. The van der Waals surface area contributed by atoms with Crippen LogP contribution in [0.4, 0.5) is 5.00 Å². The Kier molecular flexibility index (Phi) is 8.18. The van der Waals surface area contributed by atoms with Crippen molar-refractivity contribution in [2.45, 2.75) is 58.2 Å². The highest BCUT2D eigenvalue weighted by molar-refractivity contribution is 7.99. The number of thiophene rings is 1. The summed E-state index contributed by atoms with van der Waals surface area (Å²) in [6, 6.07) is 0. The summed E-state index contributed by atoms with van der Waals surface area (Å²) in [5, 5.41) is 17.5. The number of fused-ring (bicyclic) bond motifs is 1. The monoisotopic (exact) mass is 536 g/mol. The van der Waals surface area contributed by atoms with E-state index < -0.39 is 0 Å². The molecule has 0 fully saturated rings. The lowest BCUT2D eigenvalue weighted by Gasteiger charge is -2.20. The number of amides is 1. The molecular formula is C23H29ClN6O3S2. The molecule has 35 heavy (non-hydrogen) atoms. The van der Waals surface area contributed by atoms with Crippen LogP contribution in [-0.2, 0) is 36.0 Å². The summed E-state index contributed by atoms with van der Waals surface area (Å²) < 4.78 is 8.82. The number of anilines is 1. The molecule has 0 spiro atoms. The topological polar surface area (TPSA) is 104 Å². The third-order valence-electron chi connectivity index (χ3n) is 6.04. The van der Waals surface area contributed by atoms with Crippen LogP contribution in [0.25, 0.3) is 11.5 Å². The maximum atomic E-state index is 12.9. The van der Waals surface area contributed by atoms with E-state index in [1.54, 1.807) is 24.9 Å². The fraction of sp³-hybridized carbons (Fsp3) is 0.522. The molecule has 4 rings (SSSR count). The third kappa shape index (κ3) is 5.41. The molecule has 1 N–H and O–H groups in total. The lowest BCUT2D eigenvalue weighted by atomic mass is 9.85. The molecule has 3 aromatic rings. The third-order valence-corrected chi connectivity index (χ3v) is 8.45. The van der Waals surface area contributed by atoms with Gasteiger partial charge in [-0.15, -0.1) is 21.5 Å². The number of esters is 1. The summed E-state index contributed by atoms with van der Waals surface area (Å²) >= 11 is 9.06. The molecular weight excluding hydrogens is 508 g/mol. The summed E-state index contributed by atoms with van der Waals surface area (Å²) in [7, 11) is 1.79. The number of aromatic nitrogens is 5. The van der Waals surface area contributed by atoms with E-state index in [4.69, 9.17) is 16.3 Å². The highest BCUT2D eigenvalue weighted by Gasteiger charge is 2.30. The average molecular weight is 537 g/mol. The van der Waals surface area contributed by atoms with Gasteiger partial charge in [0.1, 0.15) is 10.7 Å². The van der Waals surface area contributed by atoms with Crippen molar-refractivity contribution in [3.05, 3.63) is 27.2 Å². The molecule has 188 valence electrons. The van der Waals surface area contributed by atoms with Gasteiger partial charge in [0.25, 0.3) is 0 Å². The Hall–Kier alpha value is -2.37. The van der Waals surface area contributed by atoms with Gasteiger partial charge in [-0.05, 0) is 44.6 Å². The second kappa shape index (κ2) is 11.1. The van der Waals surface area contributed by atoms with E-state index in [0.717, 1.165) is 31.2 Å². The molecule has 9 nitrogen and oxygen atoms in total. The molecule has 0 saturated carbocycles. The van der Waals surface area contributed by atoms with Gasteiger partial charge in [0.2, 0.25) is 5.91 Å². The van der Waals surface area contributed by atoms with Crippen LogP contribution in [0.1, 0.15) is 54.4 Å². The van der Waals surface area contributed by atoms with Gasteiger partial charge in [0.05, 0.1) is 22.9 Å². The SMILES string of the molecule is CCOC(=O)c1c(NC(=O)CSc2nnc(-c3nn(C)cc3Cl)n2CC)sc2c1CC[C@@H](CC)C2. The number of nitrogens with zero attached hydrogens (tertiary/aromatic N) is 5. The fourth-order valence-corrected chi connectivity index (χ4v) is 6.70. The molecule has 0 unspecified atom stereocenters. The number of hydrogen-bond acceptors (Lipinski definition) is 8. The maximum Gasteiger partial charge on any atom is 0.341 e. The molecule has 3 heterocycles. The molecule has 1 aliphatic carbocycles. The molecule has 3 aromatic heterocycles. The van der Waals surface area contributed by atoms with Gasteiger partial charge in [0, 0.05) is 24.7 Å². The summed E-state index contributed by atoms with van der Waals surface area (Å²) in [4.78, 5) is 26.8. The Balaban J connectivity index is 1.50. The minimum atomic E-state index is -0.370. The smallest absolute Gasteiger partial charge is 0.341 e. The summed E-state index contributed by atoms with van der Waals surface area (Å²) in [5.74, 6) is 0.704. The normalized spacial score (nSPS) is 15.2. The van der Waals surface area contributed by atoms with E-state index >= 15 is 0 Å². The van der Waals surface area contributed by atoms with Crippen molar-refractivity contribution in [3.63, 3.8) is 0 Å². The van der Waals surface area contributed by atoms with Crippen molar-refractivity contribution in [3.8, 4) is 11.5 Å². The van der Waals surface area contributed by atoms with Crippen LogP contribution in [0.3, 0.4) is 0 Å². The number of halogens is 1. The summed E-state index contributed by atoms with van der Waals surface area (Å²) in [6.07, 6.45) is 5.63. The average Bonchev–Trinajstić information content (AvgIpc) is 3.50. The van der Waals surface area contributed by atoms with Gasteiger partial charge in [-0.1, -0.05) is 36.7 Å². The Bertz CT molecular complexity index is 1230. The number of thioether (sulfide) groups is 1. The maximum absolute atomic E-state index is 12.9. The Morgan fingerprint density at radius 3 is 2.77 bits per heavy atom. The lowest BCUT2D eigenvalue weighted by Crippen LogP contribution is -2.18. The highest BCUT2D eigenvalue weighted by Crippen LogP contribution is 2.41. The van der Waals surface area contributed by atoms with Gasteiger partial charge < -0.3 is 14.6 Å². The van der Waals surface area contributed by atoms with E-state index in [2.05, 4.69) is 27.5 Å². The number of carbonyl (C=O) groups is 2. The zero-order valence-corrected chi connectivity index (χ0v) is 22.6. The number of rotatable bonds is 9. The first-order valence-corrected chi connectivity index (χ1v) is 13.9. The predicted molar refractivity (Wildman–Crippen MR) is 138 cm³/mol. The number of ether oxygens (including phenoxy) is 1. The molecule has 0 saturated heterocycles. The molecule has 1 atom stereocenters. The minimum absolute atomic E-state index is 0.122. The Morgan fingerprint density at radius 1 is 1.31 bits per heavy atom.